The van der Waals surface area contributed by atoms with Gasteiger partial charge in [0, 0.05) is 19.5 Å². The van der Waals surface area contributed by atoms with Gasteiger partial charge in [-0.05, 0) is 31.7 Å². The van der Waals surface area contributed by atoms with Gasteiger partial charge in [0.05, 0.1) is 13.2 Å². The van der Waals surface area contributed by atoms with Crippen molar-refractivity contribution >= 4 is 6.29 Å². The summed E-state index contributed by atoms with van der Waals surface area (Å²) in [4.78, 5) is 13.0. The zero-order valence-electron chi connectivity index (χ0n) is 19.7. The molecule has 1 unspecified atom stereocenters. The number of rotatable bonds is 21. The monoisotopic (exact) mass is 409 g/mol. The Morgan fingerprint density at radius 2 is 1.24 bits per heavy atom. The van der Waals surface area contributed by atoms with Crippen molar-refractivity contribution < 1.29 is 9.53 Å². The Morgan fingerprint density at radius 1 is 0.724 bits per heavy atom. The molecule has 1 rings (SSSR count). The van der Waals surface area contributed by atoms with Gasteiger partial charge < -0.3 is 9.53 Å². The minimum Gasteiger partial charge on any atom is -0.379 e. The summed E-state index contributed by atoms with van der Waals surface area (Å²) in [6.07, 6.45) is 25.3. The molecule has 1 fully saturated rings. The molecule has 0 saturated carbocycles. The lowest BCUT2D eigenvalue weighted by Gasteiger charge is -2.27. The average molecular weight is 410 g/mol. The molecule has 0 amide bonds. The van der Waals surface area contributed by atoms with E-state index in [1.807, 2.05) is 0 Å². The summed E-state index contributed by atoms with van der Waals surface area (Å²) in [7, 11) is 0. The predicted octanol–water partition coefficient (Wildman–Crippen LogP) is 7.18. The summed E-state index contributed by atoms with van der Waals surface area (Å²) in [5, 5.41) is 0. The van der Waals surface area contributed by atoms with E-state index in [4.69, 9.17) is 4.74 Å². The number of unbranched alkanes of at least 4 members (excludes halogenated alkanes) is 12. The Balaban J connectivity index is 2.12. The lowest BCUT2D eigenvalue weighted by atomic mass is 9.90. The molecule has 1 heterocycles. The van der Waals surface area contributed by atoms with Crippen LogP contribution < -0.4 is 0 Å². The van der Waals surface area contributed by atoms with E-state index in [0.29, 0.717) is 0 Å². The van der Waals surface area contributed by atoms with Crippen molar-refractivity contribution in [2.45, 2.75) is 122 Å². The number of morpholine rings is 1. The smallest absolute Gasteiger partial charge is 0.119 e. The summed E-state index contributed by atoms with van der Waals surface area (Å²) in [6, 6.07) is 0. The highest BCUT2D eigenvalue weighted by Gasteiger charge is 2.12. The molecule has 172 valence electrons. The van der Waals surface area contributed by atoms with Gasteiger partial charge in [-0.3, -0.25) is 4.90 Å². The average Bonchev–Trinajstić information content (AvgIpc) is 2.75. The predicted molar refractivity (Wildman–Crippen MR) is 126 cm³/mol. The van der Waals surface area contributed by atoms with E-state index in [-0.39, 0.29) is 0 Å². The largest absolute Gasteiger partial charge is 0.379 e. The molecule has 1 aliphatic heterocycles. The van der Waals surface area contributed by atoms with Crippen LogP contribution in [0.4, 0.5) is 0 Å². The molecule has 0 spiro atoms. The molecule has 3 heteroatoms. The van der Waals surface area contributed by atoms with Crippen molar-refractivity contribution in [3.05, 3.63) is 0 Å². The van der Waals surface area contributed by atoms with Crippen molar-refractivity contribution in [2.75, 3.05) is 32.8 Å². The first-order valence-electron chi connectivity index (χ1n) is 13.1. The van der Waals surface area contributed by atoms with E-state index in [0.717, 1.165) is 51.3 Å². The lowest BCUT2D eigenvalue weighted by molar-refractivity contribution is -0.107. The van der Waals surface area contributed by atoms with E-state index < -0.39 is 0 Å². The number of hydrogen-bond donors (Lipinski definition) is 0. The Bertz CT molecular complexity index is 342. The maximum Gasteiger partial charge on any atom is 0.119 e. The quantitative estimate of drug-likeness (QED) is 0.149. The van der Waals surface area contributed by atoms with Crippen molar-refractivity contribution in [3.63, 3.8) is 0 Å². The number of ether oxygens (including phenoxy) is 1. The molecule has 0 bridgehead atoms. The van der Waals surface area contributed by atoms with E-state index in [1.54, 1.807) is 0 Å². The Morgan fingerprint density at radius 3 is 1.83 bits per heavy atom. The molecule has 29 heavy (non-hydrogen) atoms. The summed E-state index contributed by atoms with van der Waals surface area (Å²) in [6.45, 7) is 7.68. The molecule has 0 aromatic rings. The zero-order chi connectivity index (χ0) is 20.8. The van der Waals surface area contributed by atoms with Crippen LogP contribution in [0.25, 0.3) is 0 Å². The standard InChI is InChI=1S/C26H51NO2/c1-2-3-4-5-7-10-13-17-26(18-14-11-8-6-9-12-15-23-28)19-16-20-27-21-24-29-25-22-27/h23,26H,2-22,24-25H2,1H3. The number of hydrogen-bond acceptors (Lipinski definition) is 3. The first kappa shape index (κ1) is 26.6. The van der Waals surface area contributed by atoms with Gasteiger partial charge in [-0.25, -0.2) is 0 Å². The highest BCUT2D eigenvalue weighted by Crippen LogP contribution is 2.24. The SMILES string of the molecule is CCCCCCCCCC(CCCCCCCCC=O)CCCN1CCOCC1. The Hall–Kier alpha value is -0.410. The van der Waals surface area contributed by atoms with Crippen LogP contribution in [-0.2, 0) is 9.53 Å². The Kier molecular flexibility index (Phi) is 19.1. The maximum atomic E-state index is 10.4. The van der Waals surface area contributed by atoms with E-state index in [2.05, 4.69) is 11.8 Å². The minimum absolute atomic E-state index is 0.754. The molecular formula is C26H51NO2. The van der Waals surface area contributed by atoms with Crippen molar-refractivity contribution in [3.8, 4) is 0 Å². The van der Waals surface area contributed by atoms with Crippen LogP contribution in [0, 0.1) is 5.92 Å². The molecule has 1 atom stereocenters. The van der Waals surface area contributed by atoms with Crippen molar-refractivity contribution in [2.24, 2.45) is 5.92 Å². The molecule has 0 aromatic heterocycles. The van der Waals surface area contributed by atoms with Crippen LogP contribution >= 0.6 is 0 Å². The lowest BCUT2D eigenvalue weighted by Crippen LogP contribution is -2.36. The van der Waals surface area contributed by atoms with Crippen LogP contribution in [0.2, 0.25) is 0 Å². The maximum absolute atomic E-state index is 10.4. The van der Waals surface area contributed by atoms with Gasteiger partial charge in [0.1, 0.15) is 6.29 Å². The summed E-state index contributed by atoms with van der Waals surface area (Å²) < 4.78 is 5.48. The topological polar surface area (TPSA) is 29.5 Å². The summed E-state index contributed by atoms with van der Waals surface area (Å²) in [5.41, 5.74) is 0. The van der Waals surface area contributed by atoms with Crippen LogP contribution in [-0.4, -0.2) is 44.0 Å². The van der Waals surface area contributed by atoms with Gasteiger partial charge in [-0.15, -0.1) is 0 Å². The molecule has 3 nitrogen and oxygen atoms in total. The normalized spacial score (nSPS) is 16.2. The number of aldehydes is 1. The van der Waals surface area contributed by atoms with Crippen LogP contribution in [0.3, 0.4) is 0 Å². The molecule has 0 aromatic carbocycles. The fraction of sp³-hybridized carbons (Fsp3) is 0.962. The number of carbonyl (C=O) groups excluding carboxylic acids is 1. The number of carbonyl (C=O) groups is 1. The van der Waals surface area contributed by atoms with E-state index in [9.17, 15) is 4.79 Å². The third kappa shape index (κ3) is 17.0. The minimum atomic E-state index is 0.754. The Labute approximate surface area is 182 Å². The zero-order valence-corrected chi connectivity index (χ0v) is 19.7. The summed E-state index contributed by atoms with van der Waals surface area (Å²) >= 11 is 0. The number of nitrogens with zero attached hydrogens (tertiary/aromatic N) is 1. The van der Waals surface area contributed by atoms with Gasteiger partial charge in [0.25, 0.3) is 0 Å². The van der Waals surface area contributed by atoms with Gasteiger partial charge >= 0.3 is 0 Å². The fourth-order valence-electron chi connectivity index (χ4n) is 4.62. The van der Waals surface area contributed by atoms with Crippen LogP contribution in [0.15, 0.2) is 0 Å². The molecule has 0 N–H and O–H groups in total. The van der Waals surface area contributed by atoms with Gasteiger partial charge in [0.15, 0.2) is 0 Å². The molecular weight excluding hydrogens is 358 g/mol. The van der Waals surface area contributed by atoms with Gasteiger partial charge in [-0.1, -0.05) is 96.8 Å². The van der Waals surface area contributed by atoms with Crippen LogP contribution in [0.5, 0.6) is 0 Å². The second-order valence-corrected chi connectivity index (χ2v) is 9.24. The summed E-state index contributed by atoms with van der Waals surface area (Å²) in [5.74, 6) is 0.946. The van der Waals surface area contributed by atoms with E-state index in [1.165, 1.54) is 109 Å². The first-order chi connectivity index (χ1) is 14.4. The first-order valence-corrected chi connectivity index (χ1v) is 13.1. The van der Waals surface area contributed by atoms with Crippen LogP contribution in [0.1, 0.15) is 122 Å². The van der Waals surface area contributed by atoms with Crippen molar-refractivity contribution in [1.29, 1.82) is 0 Å². The second kappa shape index (κ2) is 20.8. The molecule has 1 saturated heterocycles. The van der Waals surface area contributed by atoms with E-state index >= 15 is 0 Å². The fourth-order valence-corrected chi connectivity index (χ4v) is 4.62. The van der Waals surface area contributed by atoms with Crippen molar-refractivity contribution in [1.82, 2.24) is 4.90 Å². The van der Waals surface area contributed by atoms with Gasteiger partial charge in [-0.2, -0.15) is 0 Å². The highest BCUT2D eigenvalue weighted by atomic mass is 16.5. The molecule has 1 aliphatic rings. The highest BCUT2D eigenvalue weighted by molar-refractivity contribution is 5.48. The van der Waals surface area contributed by atoms with Gasteiger partial charge in [0.2, 0.25) is 0 Å². The third-order valence-electron chi connectivity index (χ3n) is 6.59. The second-order valence-electron chi connectivity index (χ2n) is 9.24. The molecule has 0 aliphatic carbocycles. The third-order valence-corrected chi connectivity index (χ3v) is 6.59. The molecule has 0 radical (unpaired) electrons.